The first-order valence-corrected chi connectivity index (χ1v) is 8.94. The Hall–Kier alpha value is -2.47. The molecule has 1 aromatic carbocycles. The second-order valence-corrected chi connectivity index (χ2v) is 6.68. The van der Waals surface area contributed by atoms with E-state index in [9.17, 15) is 9.18 Å². The highest BCUT2D eigenvalue weighted by Crippen LogP contribution is 2.19. The van der Waals surface area contributed by atoms with Gasteiger partial charge in [0.25, 0.3) is 0 Å². The van der Waals surface area contributed by atoms with E-state index in [0.29, 0.717) is 6.54 Å². The smallest absolute Gasteiger partial charge is 0.236 e. The summed E-state index contributed by atoms with van der Waals surface area (Å²) in [5.74, 6) is 0.800. The van der Waals surface area contributed by atoms with Gasteiger partial charge in [0.1, 0.15) is 11.6 Å². The number of hydrogen-bond acceptors (Lipinski definition) is 4. The number of carbonyl (C=O) groups excluding carboxylic acids is 1. The highest BCUT2D eigenvalue weighted by Gasteiger charge is 2.23. The van der Waals surface area contributed by atoms with E-state index in [-0.39, 0.29) is 17.8 Å². The lowest BCUT2D eigenvalue weighted by Gasteiger charge is -2.36. The molecule has 138 valence electrons. The Kier molecular flexibility index (Phi) is 5.83. The average Bonchev–Trinajstić information content (AvgIpc) is 2.68. The Morgan fingerprint density at radius 2 is 1.85 bits per heavy atom. The summed E-state index contributed by atoms with van der Waals surface area (Å²) in [7, 11) is 1.81. The number of amides is 1. The van der Waals surface area contributed by atoms with Crippen LogP contribution in [-0.4, -0.2) is 60.5 Å². The summed E-state index contributed by atoms with van der Waals surface area (Å²) in [4.78, 5) is 23.2. The van der Waals surface area contributed by atoms with Crippen molar-refractivity contribution in [2.24, 2.45) is 0 Å². The Bertz CT molecular complexity index is 714. The van der Waals surface area contributed by atoms with E-state index in [2.05, 4.69) is 14.8 Å². The number of rotatable bonds is 5. The van der Waals surface area contributed by atoms with E-state index in [1.807, 2.05) is 25.1 Å². The van der Waals surface area contributed by atoms with E-state index in [1.165, 1.54) is 12.1 Å². The molecule has 0 bridgehead atoms. The summed E-state index contributed by atoms with van der Waals surface area (Å²) in [6.45, 7) is 5.76. The molecule has 3 rings (SSSR count). The first-order chi connectivity index (χ1) is 12.5. The number of halogens is 1. The minimum atomic E-state index is -0.263. The summed E-state index contributed by atoms with van der Waals surface area (Å²) >= 11 is 0. The summed E-state index contributed by atoms with van der Waals surface area (Å²) < 4.78 is 13.1. The molecule has 1 unspecified atom stereocenters. The number of piperazine rings is 1. The molecule has 6 heteroatoms. The monoisotopic (exact) mass is 356 g/mol. The first-order valence-electron chi connectivity index (χ1n) is 8.94. The minimum Gasteiger partial charge on any atom is -0.354 e. The highest BCUT2D eigenvalue weighted by molar-refractivity contribution is 5.78. The zero-order valence-corrected chi connectivity index (χ0v) is 15.3. The number of anilines is 1. The van der Waals surface area contributed by atoms with Crippen LogP contribution in [0.15, 0.2) is 48.7 Å². The molecule has 0 spiro atoms. The number of carbonyl (C=O) groups is 1. The molecule has 1 aromatic heterocycles. The van der Waals surface area contributed by atoms with Gasteiger partial charge in [0.05, 0.1) is 12.6 Å². The molecule has 0 aliphatic carbocycles. The zero-order chi connectivity index (χ0) is 18.5. The lowest BCUT2D eigenvalue weighted by atomic mass is 10.1. The number of pyridine rings is 1. The van der Waals surface area contributed by atoms with Gasteiger partial charge >= 0.3 is 0 Å². The van der Waals surface area contributed by atoms with Crippen molar-refractivity contribution in [1.82, 2.24) is 14.8 Å². The lowest BCUT2D eigenvalue weighted by molar-refractivity contribution is -0.133. The average molecular weight is 356 g/mol. The molecule has 1 aliphatic heterocycles. The number of hydrogen-bond donors (Lipinski definition) is 0. The Morgan fingerprint density at radius 3 is 2.46 bits per heavy atom. The number of benzene rings is 1. The van der Waals surface area contributed by atoms with Crippen molar-refractivity contribution < 1.29 is 9.18 Å². The van der Waals surface area contributed by atoms with Crippen LogP contribution in [0.2, 0.25) is 0 Å². The van der Waals surface area contributed by atoms with Gasteiger partial charge in [-0.3, -0.25) is 9.69 Å². The van der Waals surface area contributed by atoms with Crippen LogP contribution in [0.1, 0.15) is 18.5 Å². The van der Waals surface area contributed by atoms with Crippen molar-refractivity contribution in [2.45, 2.75) is 13.0 Å². The fourth-order valence-electron chi connectivity index (χ4n) is 3.16. The lowest BCUT2D eigenvalue weighted by Crippen LogP contribution is -2.50. The molecule has 2 aromatic rings. The number of aromatic nitrogens is 1. The van der Waals surface area contributed by atoms with E-state index < -0.39 is 0 Å². The van der Waals surface area contributed by atoms with Crippen LogP contribution in [0.5, 0.6) is 0 Å². The summed E-state index contributed by atoms with van der Waals surface area (Å²) in [5.41, 5.74) is 0.933. The van der Waals surface area contributed by atoms with Gasteiger partial charge in [-0.25, -0.2) is 9.37 Å². The minimum absolute atomic E-state index is 0.0770. The van der Waals surface area contributed by atoms with Gasteiger partial charge in [-0.2, -0.15) is 0 Å². The highest BCUT2D eigenvalue weighted by atomic mass is 19.1. The van der Waals surface area contributed by atoms with Crippen LogP contribution in [0.25, 0.3) is 0 Å². The molecule has 0 saturated carbocycles. The molecule has 1 amide bonds. The molecule has 1 saturated heterocycles. The second-order valence-electron chi connectivity index (χ2n) is 6.68. The number of nitrogens with zero attached hydrogens (tertiary/aromatic N) is 4. The van der Waals surface area contributed by atoms with Crippen LogP contribution in [0, 0.1) is 5.82 Å². The second kappa shape index (κ2) is 8.27. The predicted molar refractivity (Wildman–Crippen MR) is 100 cm³/mol. The van der Waals surface area contributed by atoms with Crippen molar-refractivity contribution in [3.63, 3.8) is 0 Å². The SMILES string of the molecule is CC(c1ccc(F)cc1)N(C)C(=O)CN1CCN(c2ccccn2)CC1. The van der Waals surface area contributed by atoms with Gasteiger partial charge in [0, 0.05) is 39.4 Å². The van der Waals surface area contributed by atoms with E-state index in [4.69, 9.17) is 0 Å². The molecular formula is C20H25FN4O. The molecule has 0 radical (unpaired) electrons. The fourth-order valence-corrected chi connectivity index (χ4v) is 3.16. The van der Waals surface area contributed by atoms with Crippen LogP contribution in [0.3, 0.4) is 0 Å². The van der Waals surface area contributed by atoms with Crippen molar-refractivity contribution in [2.75, 3.05) is 44.7 Å². The van der Waals surface area contributed by atoms with Gasteiger partial charge < -0.3 is 9.80 Å². The van der Waals surface area contributed by atoms with Crippen molar-refractivity contribution in [3.8, 4) is 0 Å². The van der Waals surface area contributed by atoms with Crippen LogP contribution in [-0.2, 0) is 4.79 Å². The zero-order valence-electron chi connectivity index (χ0n) is 15.3. The Balaban J connectivity index is 1.51. The van der Waals surface area contributed by atoms with E-state index in [1.54, 1.807) is 30.3 Å². The largest absolute Gasteiger partial charge is 0.354 e. The van der Waals surface area contributed by atoms with Crippen LogP contribution < -0.4 is 4.90 Å². The maximum Gasteiger partial charge on any atom is 0.236 e. The first kappa shape index (κ1) is 18.3. The van der Waals surface area contributed by atoms with Gasteiger partial charge in [-0.15, -0.1) is 0 Å². The molecule has 26 heavy (non-hydrogen) atoms. The molecule has 0 N–H and O–H groups in total. The standard InChI is InChI=1S/C20H25FN4O/c1-16(17-6-8-18(21)9-7-17)23(2)20(26)15-24-11-13-25(14-12-24)19-5-3-4-10-22-19/h3-10,16H,11-15H2,1-2H3. The molecule has 2 heterocycles. The summed E-state index contributed by atoms with van der Waals surface area (Å²) in [6.07, 6.45) is 1.80. The third-order valence-corrected chi connectivity index (χ3v) is 5.03. The summed E-state index contributed by atoms with van der Waals surface area (Å²) in [5, 5.41) is 0. The van der Waals surface area contributed by atoms with Gasteiger partial charge in [-0.05, 0) is 36.8 Å². The van der Waals surface area contributed by atoms with Gasteiger partial charge in [0.2, 0.25) is 5.91 Å². The molecule has 1 fully saturated rings. The van der Waals surface area contributed by atoms with E-state index >= 15 is 0 Å². The normalized spacial score (nSPS) is 16.3. The maximum absolute atomic E-state index is 13.1. The third kappa shape index (κ3) is 4.38. The predicted octanol–water partition coefficient (Wildman–Crippen LogP) is 2.56. The van der Waals surface area contributed by atoms with Gasteiger partial charge in [-0.1, -0.05) is 18.2 Å². The molecule has 5 nitrogen and oxygen atoms in total. The van der Waals surface area contributed by atoms with Crippen molar-refractivity contribution in [3.05, 3.63) is 60.0 Å². The van der Waals surface area contributed by atoms with Crippen molar-refractivity contribution >= 4 is 11.7 Å². The summed E-state index contributed by atoms with van der Waals surface area (Å²) in [6, 6.07) is 12.2. The third-order valence-electron chi connectivity index (χ3n) is 5.03. The fraction of sp³-hybridized carbons (Fsp3) is 0.400. The quantitative estimate of drug-likeness (QED) is 0.826. The maximum atomic E-state index is 13.1. The van der Waals surface area contributed by atoms with Crippen LogP contribution >= 0.6 is 0 Å². The topological polar surface area (TPSA) is 39.7 Å². The van der Waals surface area contributed by atoms with Gasteiger partial charge in [0.15, 0.2) is 0 Å². The Morgan fingerprint density at radius 1 is 1.15 bits per heavy atom. The molecule has 1 aliphatic rings. The van der Waals surface area contributed by atoms with Crippen LogP contribution in [0.4, 0.5) is 10.2 Å². The molecule has 1 atom stereocenters. The number of likely N-dealkylation sites (N-methyl/N-ethyl adjacent to an activating group) is 1. The molecular weight excluding hydrogens is 331 g/mol. The Labute approximate surface area is 154 Å². The van der Waals surface area contributed by atoms with E-state index in [0.717, 1.165) is 37.6 Å². The van der Waals surface area contributed by atoms with Crippen molar-refractivity contribution in [1.29, 1.82) is 0 Å².